The average Bonchev–Trinajstić information content (AvgIpc) is 2.63. The van der Waals surface area contributed by atoms with Crippen molar-refractivity contribution in [3.63, 3.8) is 0 Å². The summed E-state index contributed by atoms with van der Waals surface area (Å²) in [6.45, 7) is 3.41. The third-order valence-corrected chi connectivity index (χ3v) is 3.63. The van der Waals surface area contributed by atoms with E-state index in [-0.39, 0.29) is 10.8 Å². The molecule has 17 heavy (non-hydrogen) atoms. The second-order valence-corrected chi connectivity index (χ2v) is 6.02. The number of rotatable bonds is 2. The van der Waals surface area contributed by atoms with Crippen LogP contribution in [0.1, 0.15) is 13.8 Å². The Labute approximate surface area is 98.0 Å². The van der Waals surface area contributed by atoms with Crippen LogP contribution in [0.5, 0.6) is 5.88 Å². The highest BCUT2D eigenvalue weighted by Crippen LogP contribution is 2.38. The zero-order valence-electron chi connectivity index (χ0n) is 9.34. The second-order valence-electron chi connectivity index (χ2n) is 4.38. The van der Waals surface area contributed by atoms with Gasteiger partial charge in [-0.25, -0.2) is 18.8 Å². The third kappa shape index (κ3) is 1.58. The number of ether oxygens (including phenoxy) is 1. The molecule has 8 nitrogen and oxygen atoms in total. The summed E-state index contributed by atoms with van der Waals surface area (Å²) < 4.78 is 25.5. The SMILES string of the molecule is CC1(C)C(C(N)=O)Oc2c(S(=N)(N)=O)cnn21. The number of nitrogens with zero attached hydrogens (tertiary/aromatic N) is 2. The van der Waals surface area contributed by atoms with Crippen molar-refractivity contribution in [1.29, 1.82) is 4.78 Å². The van der Waals surface area contributed by atoms with Crippen LogP contribution >= 0.6 is 0 Å². The fourth-order valence-corrected chi connectivity index (χ4v) is 2.42. The molecule has 0 aliphatic carbocycles. The lowest BCUT2D eigenvalue weighted by atomic mass is 9.98. The number of carbonyl (C=O) groups excluding carboxylic acids is 1. The first-order chi connectivity index (χ1) is 7.65. The van der Waals surface area contributed by atoms with Crippen LogP contribution in [0.4, 0.5) is 0 Å². The van der Waals surface area contributed by atoms with Crippen LogP contribution in [0.25, 0.3) is 0 Å². The quantitative estimate of drug-likeness (QED) is 0.636. The Morgan fingerprint density at radius 2 is 2.29 bits per heavy atom. The zero-order valence-corrected chi connectivity index (χ0v) is 10.2. The molecule has 0 radical (unpaired) electrons. The molecule has 0 saturated carbocycles. The minimum atomic E-state index is -3.44. The fourth-order valence-electron chi connectivity index (χ4n) is 1.82. The van der Waals surface area contributed by atoms with Gasteiger partial charge in [0.05, 0.1) is 6.20 Å². The van der Waals surface area contributed by atoms with Crippen LogP contribution in [0.2, 0.25) is 0 Å². The molecule has 0 spiro atoms. The lowest BCUT2D eigenvalue weighted by Crippen LogP contribution is -2.46. The Bertz CT molecular complexity index is 588. The van der Waals surface area contributed by atoms with Gasteiger partial charge >= 0.3 is 0 Å². The molecule has 1 aliphatic heterocycles. The molecular weight excluding hydrogens is 246 g/mol. The smallest absolute Gasteiger partial charge is 0.261 e. The highest BCUT2D eigenvalue weighted by Gasteiger charge is 2.47. The Hall–Kier alpha value is -1.61. The number of fused-ring (bicyclic) bond motifs is 1. The maximum atomic E-state index is 11.5. The summed E-state index contributed by atoms with van der Waals surface area (Å²) in [6, 6.07) is 0. The summed E-state index contributed by atoms with van der Waals surface area (Å²) in [7, 11) is -3.44. The van der Waals surface area contributed by atoms with Gasteiger partial charge in [-0.15, -0.1) is 0 Å². The molecule has 0 aromatic carbocycles. The topological polar surface area (TPSA) is 137 Å². The molecular formula is C8H13N5O3S. The Balaban J connectivity index is 2.60. The summed E-state index contributed by atoms with van der Waals surface area (Å²) in [5, 5.41) is 9.18. The lowest BCUT2D eigenvalue weighted by molar-refractivity contribution is -0.126. The van der Waals surface area contributed by atoms with E-state index < -0.39 is 27.5 Å². The number of hydrogen-bond donors (Lipinski definition) is 3. The predicted octanol–water partition coefficient (Wildman–Crippen LogP) is -0.856. The monoisotopic (exact) mass is 259 g/mol. The van der Waals surface area contributed by atoms with Gasteiger partial charge in [0.25, 0.3) is 5.91 Å². The maximum absolute atomic E-state index is 11.5. The molecule has 0 bridgehead atoms. The minimum Gasteiger partial charge on any atom is -0.461 e. The van der Waals surface area contributed by atoms with Gasteiger partial charge in [0.1, 0.15) is 20.3 Å². The molecule has 2 unspecified atom stereocenters. The number of nitrogens with two attached hydrogens (primary N) is 2. The first-order valence-electron chi connectivity index (χ1n) is 4.76. The van der Waals surface area contributed by atoms with Gasteiger partial charge in [-0.1, -0.05) is 0 Å². The first kappa shape index (κ1) is 11.9. The van der Waals surface area contributed by atoms with Gasteiger partial charge in [-0.05, 0) is 13.8 Å². The summed E-state index contributed by atoms with van der Waals surface area (Å²) in [5.41, 5.74) is 4.42. The van der Waals surface area contributed by atoms with Crippen molar-refractivity contribution in [1.82, 2.24) is 9.78 Å². The largest absolute Gasteiger partial charge is 0.461 e. The predicted molar refractivity (Wildman–Crippen MR) is 58.5 cm³/mol. The van der Waals surface area contributed by atoms with E-state index in [0.29, 0.717) is 0 Å². The van der Waals surface area contributed by atoms with E-state index >= 15 is 0 Å². The van der Waals surface area contributed by atoms with Gasteiger partial charge in [0, 0.05) is 0 Å². The molecule has 1 aromatic heterocycles. The van der Waals surface area contributed by atoms with Crippen molar-refractivity contribution >= 4 is 15.8 Å². The van der Waals surface area contributed by atoms with Crippen LogP contribution in [-0.4, -0.2) is 26.0 Å². The van der Waals surface area contributed by atoms with E-state index in [1.807, 2.05) is 0 Å². The van der Waals surface area contributed by atoms with Crippen LogP contribution in [0, 0.1) is 4.78 Å². The number of primary amides is 1. The highest BCUT2D eigenvalue weighted by atomic mass is 32.2. The third-order valence-electron chi connectivity index (χ3n) is 2.70. The normalized spacial score (nSPS) is 24.8. The standard InChI is InChI=1S/C8H13N5O3S/c1-8(2)5(6(9)14)16-7-4(17(10,11)15)3-12-13(7)8/h3,5H,1-2H3,(H2,9,14)(H3,10,11,15). The van der Waals surface area contributed by atoms with Crippen molar-refractivity contribution in [3.8, 4) is 5.88 Å². The van der Waals surface area contributed by atoms with Crippen LogP contribution < -0.4 is 15.6 Å². The number of nitrogens with one attached hydrogen (secondary N) is 1. The van der Waals surface area contributed by atoms with E-state index in [2.05, 4.69) is 5.10 Å². The van der Waals surface area contributed by atoms with Crippen molar-refractivity contribution in [3.05, 3.63) is 6.20 Å². The van der Waals surface area contributed by atoms with Crippen LogP contribution in [0.15, 0.2) is 11.1 Å². The molecule has 0 fully saturated rings. The molecule has 9 heteroatoms. The van der Waals surface area contributed by atoms with Crippen molar-refractivity contribution in [2.24, 2.45) is 10.9 Å². The average molecular weight is 259 g/mol. The maximum Gasteiger partial charge on any atom is 0.261 e. The molecule has 1 aliphatic rings. The van der Waals surface area contributed by atoms with Crippen LogP contribution in [-0.2, 0) is 20.2 Å². The minimum absolute atomic E-state index is 0.0330. The van der Waals surface area contributed by atoms with Crippen molar-refractivity contribution < 1.29 is 13.7 Å². The Kier molecular flexibility index (Phi) is 2.23. The number of carbonyl (C=O) groups is 1. The second kappa shape index (κ2) is 3.20. The zero-order chi connectivity index (χ0) is 13.0. The molecule has 2 heterocycles. The number of hydrogen-bond acceptors (Lipinski definition) is 5. The summed E-state index contributed by atoms with van der Waals surface area (Å²) in [6.07, 6.45) is 0.288. The van der Waals surface area contributed by atoms with Crippen LogP contribution in [0.3, 0.4) is 0 Å². The van der Waals surface area contributed by atoms with Gasteiger partial charge in [-0.3, -0.25) is 4.79 Å². The Morgan fingerprint density at radius 1 is 1.71 bits per heavy atom. The number of aromatic nitrogens is 2. The lowest BCUT2D eigenvalue weighted by Gasteiger charge is -2.22. The summed E-state index contributed by atoms with van der Waals surface area (Å²) >= 11 is 0. The van der Waals surface area contributed by atoms with E-state index in [1.54, 1.807) is 13.8 Å². The van der Waals surface area contributed by atoms with Crippen molar-refractivity contribution in [2.45, 2.75) is 30.4 Å². The first-order valence-corrected chi connectivity index (χ1v) is 6.39. The molecule has 1 amide bonds. The van der Waals surface area contributed by atoms with Gasteiger partial charge in [-0.2, -0.15) is 5.10 Å². The van der Waals surface area contributed by atoms with Crippen molar-refractivity contribution in [2.75, 3.05) is 0 Å². The number of amides is 1. The van der Waals surface area contributed by atoms with Gasteiger partial charge in [0.15, 0.2) is 0 Å². The van der Waals surface area contributed by atoms with Gasteiger partial charge < -0.3 is 10.5 Å². The molecule has 94 valence electrons. The van der Waals surface area contributed by atoms with Gasteiger partial charge in [0.2, 0.25) is 12.0 Å². The molecule has 5 N–H and O–H groups in total. The summed E-state index contributed by atoms with van der Waals surface area (Å²) in [5.74, 6) is -0.582. The molecule has 0 saturated heterocycles. The highest BCUT2D eigenvalue weighted by molar-refractivity contribution is 7.90. The Morgan fingerprint density at radius 3 is 2.76 bits per heavy atom. The van der Waals surface area contributed by atoms with E-state index in [4.69, 9.17) is 20.4 Å². The fraction of sp³-hybridized carbons (Fsp3) is 0.500. The molecule has 1 aromatic rings. The molecule has 2 atom stereocenters. The van der Waals surface area contributed by atoms with E-state index in [0.717, 1.165) is 0 Å². The van der Waals surface area contributed by atoms with E-state index in [9.17, 15) is 9.00 Å². The van der Waals surface area contributed by atoms with E-state index in [1.165, 1.54) is 10.9 Å². The molecule has 2 rings (SSSR count). The summed E-state index contributed by atoms with van der Waals surface area (Å²) in [4.78, 5) is 11.2.